The van der Waals surface area contributed by atoms with Gasteiger partial charge >= 0.3 is 6.03 Å². The minimum atomic E-state index is -0.647. The van der Waals surface area contributed by atoms with Gasteiger partial charge in [-0.2, -0.15) is 0 Å². The van der Waals surface area contributed by atoms with Gasteiger partial charge in [0.25, 0.3) is 5.91 Å². The van der Waals surface area contributed by atoms with E-state index in [-0.39, 0.29) is 11.9 Å². The molecule has 0 saturated carbocycles. The number of urea groups is 1. The van der Waals surface area contributed by atoms with Crippen LogP contribution in [0.4, 0.5) is 4.79 Å². The molecule has 1 fully saturated rings. The summed E-state index contributed by atoms with van der Waals surface area (Å²) in [5.74, 6) is 4.53. The Morgan fingerprint density at radius 2 is 2.15 bits per heavy atom. The van der Waals surface area contributed by atoms with Gasteiger partial charge in [0.1, 0.15) is 0 Å². The van der Waals surface area contributed by atoms with Crippen LogP contribution >= 0.6 is 0 Å². The van der Waals surface area contributed by atoms with Crippen LogP contribution in [-0.4, -0.2) is 24.5 Å². The maximum Gasteiger partial charge on any atom is 0.347 e. The Bertz CT molecular complexity index is 201. The molecule has 1 unspecified atom stereocenters. The van der Waals surface area contributed by atoms with E-state index in [4.69, 9.17) is 5.84 Å². The molecule has 0 aliphatic carbocycles. The Balaban J connectivity index is 2.20. The fourth-order valence-corrected chi connectivity index (χ4v) is 1.15. The van der Waals surface area contributed by atoms with Gasteiger partial charge in [0, 0.05) is 0 Å². The largest absolute Gasteiger partial charge is 0.347 e. The van der Waals surface area contributed by atoms with Crippen molar-refractivity contribution in [3.8, 4) is 0 Å². The number of rotatable bonds is 1. The molecule has 1 rings (SSSR count). The number of amides is 3. The first-order chi connectivity index (χ1) is 6.24. The van der Waals surface area contributed by atoms with Crippen molar-refractivity contribution in [3.05, 3.63) is 0 Å². The number of hydrogen-bond donors (Lipinski definition) is 5. The van der Waals surface area contributed by atoms with E-state index < -0.39 is 6.03 Å². The van der Waals surface area contributed by atoms with Gasteiger partial charge in [0.05, 0.1) is 6.04 Å². The summed E-state index contributed by atoms with van der Waals surface area (Å²) < 4.78 is 0. The van der Waals surface area contributed by atoms with Gasteiger partial charge < -0.3 is 5.32 Å². The van der Waals surface area contributed by atoms with Crippen molar-refractivity contribution in [2.24, 2.45) is 5.84 Å². The Hall–Kier alpha value is -1.34. The second kappa shape index (κ2) is 4.63. The van der Waals surface area contributed by atoms with Gasteiger partial charge in [0.15, 0.2) is 0 Å². The average molecular weight is 187 g/mol. The normalized spacial score (nSPS) is 20.8. The first-order valence-electron chi connectivity index (χ1n) is 4.04. The minimum absolute atomic E-state index is 0.210. The van der Waals surface area contributed by atoms with Crippen molar-refractivity contribution in [2.75, 3.05) is 6.54 Å². The van der Waals surface area contributed by atoms with Crippen molar-refractivity contribution < 1.29 is 9.59 Å². The molecule has 1 aliphatic rings. The lowest BCUT2D eigenvalue weighted by atomic mass is 10.2. The molecule has 0 radical (unpaired) electrons. The van der Waals surface area contributed by atoms with E-state index in [0.29, 0.717) is 0 Å². The Kier molecular flexibility index (Phi) is 3.47. The fourth-order valence-electron chi connectivity index (χ4n) is 1.15. The molecule has 13 heavy (non-hydrogen) atoms. The first-order valence-corrected chi connectivity index (χ1v) is 4.04. The van der Waals surface area contributed by atoms with Crippen LogP contribution < -0.4 is 27.4 Å². The van der Waals surface area contributed by atoms with Crippen LogP contribution in [0, 0.1) is 0 Å². The summed E-state index contributed by atoms with van der Waals surface area (Å²) in [6.07, 6.45) is 1.76. The minimum Gasteiger partial charge on any atom is -0.306 e. The van der Waals surface area contributed by atoms with Crippen LogP contribution in [-0.2, 0) is 4.79 Å². The monoisotopic (exact) mass is 187 g/mol. The molecule has 7 heteroatoms. The summed E-state index contributed by atoms with van der Waals surface area (Å²) in [6, 6.07) is -0.857. The summed E-state index contributed by atoms with van der Waals surface area (Å²) in [5, 5.41) is 2.98. The van der Waals surface area contributed by atoms with E-state index in [1.165, 1.54) is 0 Å². The number of carbonyl (C=O) groups excluding carboxylic acids is 2. The molecule has 1 aliphatic heterocycles. The van der Waals surface area contributed by atoms with E-state index in [1.54, 1.807) is 0 Å². The molecule has 0 aromatic rings. The molecule has 1 atom stereocenters. The summed E-state index contributed by atoms with van der Waals surface area (Å²) in [5.41, 5.74) is 6.15. The fraction of sp³-hybridized carbons (Fsp3) is 0.667. The molecule has 6 N–H and O–H groups in total. The maximum atomic E-state index is 11.2. The lowest BCUT2D eigenvalue weighted by Crippen LogP contribution is -2.53. The third kappa shape index (κ3) is 2.88. The zero-order valence-corrected chi connectivity index (χ0v) is 7.09. The summed E-state index contributed by atoms with van der Waals surface area (Å²) in [6.45, 7) is 0.834. The Labute approximate surface area is 75.4 Å². The number of hydrazine groups is 2. The molecule has 3 amide bonds. The summed E-state index contributed by atoms with van der Waals surface area (Å²) in [4.78, 5) is 21.8. The number of hydrogen-bond acceptors (Lipinski definition) is 4. The number of nitrogens with one attached hydrogen (secondary N) is 4. The molecule has 1 saturated heterocycles. The van der Waals surface area contributed by atoms with Gasteiger partial charge in [-0.15, -0.1) is 0 Å². The van der Waals surface area contributed by atoms with Gasteiger partial charge in [-0.1, -0.05) is 0 Å². The lowest BCUT2D eigenvalue weighted by Gasteiger charge is -2.11. The number of nitrogens with two attached hydrogens (primary N) is 1. The molecule has 0 aromatic carbocycles. The van der Waals surface area contributed by atoms with Crippen molar-refractivity contribution >= 4 is 11.9 Å². The van der Waals surface area contributed by atoms with Crippen LogP contribution in [0.15, 0.2) is 0 Å². The van der Waals surface area contributed by atoms with Crippen molar-refractivity contribution in [1.82, 2.24) is 21.6 Å². The van der Waals surface area contributed by atoms with Crippen molar-refractivity contribution in [2.45, 2.75) is 18.9 Å². The highest BCUT2D eigenvalue weighted by atomic mass is 16.2. The topological polar surface area (TPSA) is 108 Å². The van der Waals surface area contributed by atoms with Gasteiger partial charge in [-0.3, -0.25) is 15.6 Å². The highest BCUT2D eigenvalue weighted by Crippen LogP contribution is 2.03. The zero-order valence-electron chi connectivity index (χ0n) is 7.09. The van der Waals surface area contributed by atoms with Crippen molar-refractivity contribution in [1.29, 1.82) is 0 Å². The molecular weight excluding hydrogens is 174 g/mol. The first kappa shape index (κ1) is 9.75. The predicted octanol–water partition coefficient (Wildman–Crippen LogP) is -2.06. The second-order valence-corrected chi connectivity index (χ2v) is 2.74. The SMILES string of the molecule is NNC(=O)NNC(=O)C1CCCN1. The maximum absolute atomic E-state index is 11.2. The van der Waals surface area contributed by atoms with E-state index in [1.807, 2.05) is 5.43 Å². The highest BCUT2D eigenvalue weighted by Gasteiger charge is 2.21. The average Bonchev–Trinajstić information content (AvgIpc) is 2.66. The third-order valence-corrected chi connectivity index (χ3v) is 1.81. The van der Waals surface area contributed by atoms with Crippen LogP contribution in [0.25, 0.3) is 0 Å². The van der Waals surface area contributed by atoms with E-state index in [9.17, 15) is 9.59 Å². The highest BCUT2D eigenvalue weighted by molar-refractivity contribution is 5.84. The second-order valence-electron chi connectivity index (χ2n) is 2.74. The van der Waals surface area contributed by atoms with Crippen LogP contribution in [0.5, 0.6) is 0 Å². The van der Waals surface area contributed by atoms with Gasteiger partial charge in [0.2, 0.25) is 0 Å². The standard InChI is InChI=1S/C6H13N5O2/c7-9-6(13)11-10-5(12)4-2-1-3-8-4/h4,8H,1-3,7H2,(H,10,12)(H2,9,11,13). The molecule has 7 nitrogen and oxygen atoms in total. The van der Waals surface area contributed by atoms with Crippen LogP contribution in [0.2, 0.25) is 0 Å². The van der Waals surface area contributed by atoms with Crippen LogP contribution in [0.1, 0.15) is 12.8 Å². The molecule has 0 bridgehead atoms. The van der Waals surface area contributed by atoms with E-state index >= 15 is 0 Å². The Morgan fingerprint density at radius 3 is 2.69 bits per heavy atom. The number of carbonyl (C=O) groups is 2. The van der Waals surface area contributed by atoms with Gasteiger partial charge in [-0.05, 0) is 19.4 Å². The predicted molar refractivity (Wildman–Crippen MR) is 45.0 cm³/mol. The molecule has 0 aromatic heterocycles. The smallest absolute Gasteiger partial charge is 0.306 e. The quantitative estimate of drug-likeness (QED) is 0.185. The summed E-state index contributed by atoms with van der Waals surface area (Å²) in [7, 11) is 0. The Morgan fingerprint density at radius 1 is 1.38 bits per heavy atom. The van der Waals surface area contributed by atoms with E-state index in [0.717, 1.165) is 19.4 Å². The van der Waals surface area contributed by atoms with Crippen molar-refractivity contribution in [3.63, 3.8) is 0 Å². The summed E-state index contributed by atoms with van der Waals surface area (Å²) >= 11 is 0. The molecular formula is C6H13N5O2. The zero-order chi connectivity index (χ0) is 9.68. The molecule has 0 spiro atoms. The van der Waals surface area contributed by atoms with Crippen LogP contribution in [0.3, 0.4) is 0 Å². The third-order valence-electron chi connectivity index (χ3n) is 1.81. The molecule has 1 heterocycles. The lowest BCUT2D eigenvalue weighted by molar-refractivity contribution is -0.123. The molecule has 74 valence electrons. The van der Waals surface area contributed by atoms with E-state index in [2.05, 4.69) is 16.2 Å². The van der Waals surface area contributed by atoms with Gasteiger partial charge in [-0.25, -0.2) is 16.1 Å².